The zero-order chi connectivity index (χ0) is 16.5. The predicted molar refractivity (Wildman–Crippen MR) is 92.3 cm³/mol. The van der Waals surface area contributed by atoms with Crippen LogP contribution in [-0.2, 0) is 0 Å². The Kier molecular flexibility index (Phi) is 3.76. The van der Waals surface area contributed by atoms with Gasteiger partial charge in [0.1, 0.15) is 11.3 Å². The monoisotopic (exact) mass is 325 g/mol. The number of benzene rings is 2. The highest BCUT2D eigenvalue weighted by Gasteiger charge is 2.24. The van der Waals surface area contributed by atoms with E-state index in [-0.39, 0.29) is 5.52 Å². The van der Waals surface area contributed by atoms with Gasteiger partial charge in [0.15, 0.2) is 5.82 Å². The number of pyridine rings is 1. The van der Waals surface area contributed by atoms with Gasteiger partial charge in [-0.3, -0.25) is 4.98 Å². The molecule has 24 heavy (non-hydrogen) atoms. The zero-order valence-corrected chi connectivity index (χ0v) is 13.0. The topological polar surface area (TPSA) is 28.2 Å². The van der Waals surface area contributed by atoms with Gasteiger partial charge >= 0.3 is 0 Å². The molecule has 2 heterocycles. The summed E-state index contributed by atoms with van der Waals surface area (Å²) in [5, 5.41) is 4.03. The van der Waals surface area contributed by atoms with Crippen molar-refractivity contribution in [1.82, 2.24) is 4.98 Å². The molecular formula is C19H17F2N3. The molecule has 1 aromatic heterocycles. The van der Waals surface area contributed by atoms with Crippen molar-refractivity contribution in [3.8, 4) is 0 Å². The molecule has 0 aliphatic carbocycles. The molecule has 1 N–H and O–H groups in total. The summed E-state index contributed by atoms with van der Waals surface area (Å²) < 4.78 is 27.6. The zero-order valence-electron chi connectivity index (χ0n) is 13.0. The van der Waals surface area contributed by atoms with Gasteiger partial charge in [0, 0.05) is 48.2 Å². The molecule has 1 saturated heterocycles. The Balaban J connectivity index is 1.60. The summed E-state index contributed by atoms with van der Waals surface area (Å²) in [6, 6.07) is 14.4. The highest BCUT2D eigenvalue weighted by atomic mass is 19.1. The minimum Gasteiger partial charge on any atom is -0.380 e. The third kappa shape index (κ3) is 2.77. The molecular weight excluding hydrogens is 308 g/mol. The van der Waals surface area contributed by atoms with Crippen molar-refractivity contribution in [2.24, 2.45) is 0 Å². The largest absolute Gasteiger partial charge is 0.380 e. The van der Waals surface area contributed by atoms with Gasteiger partial charge in [0.2, 0.25) is 0 Å². The molecule has 1 aliphatic rings. The van der Waals surface area contributed by atoms with Gasteiger partial charge in [-0.05, 0) is 30.7 Å². The van der Waals surface area contributed by atoms with Gasteiger partial charge in [-0.15, -0.1) is 0 Å². The summed E-state index contributed by atoms with van der Waals surface area (Å²) in [5.74, 6) is -1.20. The Bertz CT molecular complexity index is 867. The van der Waals surface area contributed by atoms with Crippen molar-refractivity contribution in [3.63, 3.8) is 0 Å². The smallest absolute Gasteiger partial charge is 0.152 e. The van der Waals surface area contributed by atoms with E-state index in [4.69, 9.17) is 0 Å². The average molecular weight is 325 g/mol. The van der Waals surface area contributed by atoms with Crippen LogP contribution in [0.5, 0.6) is 0 Å². The standard InChI is InChI=1S/C19H17F2N3/c20-13-10-16-18(6-8-22-19(16)17(21)11-13)24-9-7-15(12-24)23-14-4-2-1-3-5-14/h1-6,8,10-11,15,23H,7,9,12H2. The maximum atomic E-state index is 13.9. The number of fused-ring (bicyclic) bond motifs is 1. The molecule has 5 heteroatoms. The van der Waals surface area contributed by atoms with E-state index in [1.807, 2.05) is 36.4 Å². The molecule has 1 unspecified atom stereocenters. The van der Waals surface area contributed by atoms with E-state index in [0.717, 1.165) is 37.0 Å². The fraction of sp³-hybridized carbons (Fsp3) is 0.211. The summed E-state index contributed by atoms with van der Waals surface area (Å²) in [4.78, 5) is 6.21. The number of nitrogens with zero attached hydrogens (tertiary/aromatic N) is 2. The Morgan fingerprint density at radius 3 is 2.75 bits per heavy atom. The van der Waals surface area contributed by atoms with E-state index in [1.54, 1.807) is 6.20 Å². The van der Waals surface area contributed by atoms with Gasteiger partial charge in [-0.2, -0.15) is 0 Å². The minimum atomic E-state index is -0.620. The summed E-state index contributed by atoms with van der Waals surface area (Å²) in [6.07, 6.45) is 2.55. The highest BCUT2D eigenvalue weighted by molar-refractivity contribution is 5.92. The lowest BCUT2D eigenvalue weighted by Gasteiger charge is -2.21. The third-order valence-electron chi connectivity index (χ3n) is 4.41. The first-order valence-corrected chi connectivity index (χ1v) is 8.01. The van der Waals surface area contributed by atoms with Gasteiger partial charge in [0.25, 0.3) is 0 Å². The lowest BCUT2D eigenvalue weighted by atomic mass is 10.1. The molecule has 1 atom stereocenters. The summed E-state index contributed by atoms with van der Waals surface area (Å²) in [5.41, 5.74) is 2.13. The van der Waals surface area contributed by atoms with Crippen LogP contribution >= 0.6 is 0 Å². The number of anilines is 2. The molecule has 0 saturated carbocycles. The SMILES string of the molecule is Fc1cc(F)c2nccc(N3CCC(Nc4ccccc4)C3)c2c1. The number of hydrogen-bond donors (Lipinski definition) is 1. The number of halogens is 2. The molecule has 1 aliphatic heterocycles. The van der Waals surface area contributed by atoms with Crippen LogP contribution in [0.2, 0.25) is 0 Å². The van der Waals surface area contributed by atoms with Crippen LogP contribution in [0.15, 0.2) is 54.7 Å². The number of para-hydroxylation sites is 1. The normalized spacial score (nSPS) is 17.4. The molecule has 2 aromatic carbocycles. The molecule has 1 fully saturated rings. The van der Waals surface area contributed by atoms with E-state index >= 15 is 0 Å². The molecule has 122 valence electrons. The van der Waals surface area contributed by atoms with E-state index in [9.17, 15) is 8.78 Å². The van der Waals surface area contributed by atoms with Crippen LogP contribution < -0.4 is 10.2 Å². The second kappa shape index (κ2) is 6.07. The van der Waals surface area contributed by atoms with Gasteiger partial charge < -0.3 is 10.2 Å². The van der Waals surface area contributed by atoms with Crippen LogP contribution in [0.1, 0.15) is 6.42 Å². The van der Waals surface area contributed by atoms with E-state index < -0.39 is 11.6 Å². The van der Waals surface area contributed by atoms with Crippen LogP contribution in [0.4, 0.5) is 20.2 Å². The van der Waals surface area contributed by atoms with Crippen LogP contribution in [0.25, 0.3) is 10.9 Å². The molecule has 3 aromatic rings. The van der Waals surface area contributed by atoms with E-state index in [2.05, 4.69) is 15.2 Å². The minimum absolute atomic E-state index is 0.216. The van der Waals surface area contributed by atoms with Crippen molar-refractivity contribution in [3.05, 3.63) is 66.4 Å². The van der Waals surface area contributed by atoms with E-state index in [1.165, 1.54) is 6.07 Å². The van der Waals surface area contributed by atoms with Gasteiger partial charge in [-0.1, -0.05) is 18.2 Å². The fourth-order valence-corrected chi connectivity index (χ4v) is 3.31. The summed E-state index contributed by atoms with van der Waals surface area (Å²) in [7, 11) is 0. The summed E-state index contributed by atoms with van der Waals surface area (Å²) in [6.45, 7) is 1.62. The van der Waals surface area contributed by atoms with E-state index in [0.29, 0.717) is 11.4 Å². The van der Waals surface area contributed by atoms with Crippen molar-refractivity contribution >= 4 is 22.3 Å². The molecule has 0 radical (unpaired) electrons. The van der Waals surface area contributed by atoms with Crippen molar-refractivity contribution in [2.75, 3.05) is 23.3 Å². The Hall–Kier alpha value is -2.69. The summed E-state index contributed by atoms with van der Waals surface area (Å²) >= 11 is 0. The predicted octanol–water partition coefficient (Wildman–Crippen LogP) is 4.20. The lowest BCUT2D eigenvalue weighted by molar-refractivity contribution is 0.590. The van der Waals surface area contributed by atoms with Crippen molar-refractivity contribution < 1.29 is 8.78 Å². The van der Waals surface area contributed by atoms with Gasteiger partial charge in [-0.25, -0.2) is 8.78 Å². The van der Waals surface area contributed by atoms with Crippen molar-refractivity contribution in [2.45, 2.75) is 12.5 Å². The Labute approximate surface area is 138 Å². The number of rotatable bonds is 3. The lowest BCUT2D eigenvalue weighted by Crippen LogP contribution is -2.26. The molecule has 0 spiro atoms. The molecule has 0 bridgehead atoms. The quantitative estimate of drug-likeness (QED) is 0.782. The number of nitrogens with one attached hydrogen (secondary N) is 1. The third-order valence-corrected chi connectivity index (χ3v) is 4.41. The first kappa shape index (κ1) is 14.9. The Morgan fingerprint density at radius 2 is 1.92 bits per heavy atom. The second-order valence-corrected chi connectivity index (χ2v) is 6.06. The number of hydrogen-bond acceptors (Lipinski definition) is 3. The highest BCUT2D eigenvalue weighted by Crippen LogP contribution is 2.30. The maximum absolute atomic E-state index is 13.9. The van der Waals surface area contributed by atoms with Crippen LogP contribution in [-0.4, -0.2) is 24.1 Å². The first-order valence-electron chi connectivity index (χ1n) is 8.01. The molecule has 3 nitrogen and oxygen atoms in total. The van der Waals surface area contributed by atoms with Crippen LogP contribution in [0, 0.1) is 11.6 Å². The van der Waals surface area contributed by atoms with Crippen molar-refractivity contribution in [1.29, 1.82) is 0 Å². The van der Waals surface area contributed by atoms with Gasteiger partial charge in [0.05, 0.1) is 0 Å². The number of aromatic nitrogens is 1. The average Bonchev–Trinajstić information content (AvgIpc) is 3.03. The molecule has 0 amide bonds. The Morgan fingerprint density at radius 1 is 1.08 bits per heavy atom. The molecule has 4 rings (SSSR count). The fourth-order valence-electron chi connectivity index (χ4n) is 3.31. The van der Waals surface area contributed by atoms with Crippen LogP contribution in [0.3, 0.4) is 0 Å². The maximum Gasteiger partial charge on any atom is 0.152 e. The first-order chi connectivity index (χ1) is 11.7. The second-order valence-electron chi connectivity index (χ2n) is 6.06.